The molecule has 9 heteroatoms. The van der Waals surface area contributed by atoms with E-state index in [0.29, 0.717) is 31.6 Å². The molecule has 132 valence electrons. The molecule has 1 saturated heterocycles. The summed E-state index contributed by atoms with van der Waals surface area (Å²) in [7, 11) is 0. The highest BCUT2D eigenvalue weighted by Crippen LogP contribution is 2.09. The van der Waals surface area contributed by atoms with Crippen molar-refractivity contribution in [1.29, 1.82) is 0 Å². The van der Waals surface area contributed by atoms with Crippen LogP contribution in [-0.2, 0) is 16.1 Å². The second-order valence-electron chi connectivity index (χ2n) is 5.85. The topological polar surface area (TPSA) is 102 Å². The molecule has 25 heavy (non-hydrogen) atoms. The molecule has 0 aliphatic carbocycles. The maximum absolute atomic E-state index is 12.2. The zero-order valence-electron chi connectivity index (χ0n) is 13.8. The minimum absolute atomic E-state index is 0.176. The van der Waals surface area contributed by atoms with E-state index in [4.69, 9.17) is 0 Å². The van der Waals surface area contributed by atoms with E-state index in [9.17, 15) is 14.4 Å². The number of amides is 2. The quantitative estimate of drug-likeness (QED) is 0.686. The van der Waals surface area contributed by atoms with Gasteiger partial charge >= 0.3 is 5.69 Å². The number of benzene rings is 1. The number of rotatable bonds is 7. The number of nitrogens with zero attached hydrogens (tertiary/aromatic N) is 5. The Morgan fingerprint density at radius 3 is 2.68 bits per heavy atom. The number of hydrogen-bond donors (Lipinski definition) is 1. The second kappa shape index (κ2) is 7.73. The van der Waals surface area contributed by atoms with Gasteiger partial charge in [-0.25, -0.2) is 4.79 Å². The van der Waals surface area contributed by atoms with E-state index in [1.54, 1.807) is 24.3 Å². The zero-order chi connectivity index (χ0) is 17.6. The van der Waals surface area contributed by atoms with Gasteiger partial charge in [0.2, 0.25) is 11.8 Å². The van der Waals surface area contributed by atoms with Crippen molar-refractivity contribution in [1.82, 2.24) is 30.0 Å². The third-order valence-corrected chi connectivity index (χ3v) is 4.03. The Morgan fingerprint density at radius 2 is 1.96 bits per heavy atom. The van der Waals surface area contributed by atoms with Crippen molar-refractivity contribution in [2.45, 2.75) is 25.8 Å². The summed E-state index contributed by atoms with van der Waals surface area (Å²) in [6.45, 7) is 1.70. The van der Waals surface area contributed by atoms with Crippen LogP contribution < -0.4 is 11.0 Å². The van der Waals surface area contributed by atoms with Crippen molar-refractivity contribution in [3.63, 3.8) is 0 Å². The standard InChI is InChI=1S/C16H20N6O3/c23-14(17-9-5-11-20-10-4-8-15(20)24)12-21-16(25)22(19-18-21)13-6-2-1-3-7-13/h1-3,6-7H,4-5,8-12H2,(H,17,23). The van der Waals surface area contributed by atoms with Gasteiger partial charge in [-0.05, 0) is 35.4 Å². The first kappa shape index (κ1) is 16.9. The molecule has 1 aliphatic heterocycles. The third-order valence-electron chi connectivity index (χ3n) is 4.03. The van der Waals surface area contributed by atoms with Gasteiger partial charge in [-0.2, -0.15) is 9.36 Å². The van der Waals surface area contributed by atoms with Gasteiger partial charge in [-0.1, -0.05) is 18.2 Å². The molecule has 1 aromatic carbocycles. The molecule has 2 aromatic rings. The minimum atomic E-state index is -0.469. The predicted octanol–water partition coefficient (Wildman–Crippen LogP) is -0.442. The van der Waals surface area contributed by atoms with Crippen molar-refractivity contribution in [2.75, 3.05) is 19.6 Å². The summed E-state index contributed by atoms with van der Waals surface area (Å²) in [5.41, 5.74) is 0.124. The Bertz CT molecular complexity index is 798. The van der Waals surface area contributed by atoms with E-state index >= 15 is 0 Å². The van der Waals surface area contributed by atoms with Crippen LogP contribution in [0.3, 0.4) is 0 Å². The highest BCUT2D eigenvalue weighted by molar-refractivity contribution is 5.78. The number of aromatic nitrogens is 4. The van der Waals surface area contributed by atoms with Gasteiger partial charge in [0.25, 0.3) is 0 Å². The van der Waals surface area contributed by atoms with Crippen molar-refractivity contribution >= 4 is 11.8 Å². The fourth-order valence-corrected chi connectivity index (χ4v) is 2.73. The Kier molecular flexibility index (Phi) is 5.22. The summed E-state index contributed by atoms with van der Waals surface area (Å²) in [5.74, 6) is -0.134. The Balaban J connectivity index is 1.48. The monoisotopic (exact) mass is 344 g/mol. The fraction of sp³-hybridized carbons (Fsp3) is 0.438. The van der Waals surface area contributed by atoms with Crippen molar-refractivity contribution in [3.05, 3.63) is 40.8 Å². The molecule has 0 radical (unpaired) electrons. The van der Waals surface area contributed by atoms with Crippen LogP contribution in [0.2, 0.25) is 0 Å². The van der Waals surface area contributed by atoms with Crippen LogP contribution >= 0.6 is 0 Å². The molecule has 0 saturated carbocycles. The molecule has 1 aliphatic rings. The van der Waals surface area contributed by atoms with Gasteiger partial charge in [0.1, 0.15) is 6.54 Å². The lowest BCUT2D eigenvalue weighted by Gasteiger charge is -2.15. The Morgan fingerprint density at radius 1 is 1.16 bits per heavy atom. The van der Waals surface area contributed by atoms with E-state index in [1.807, 2.05) is 11.0 Å². The van der Waals surface area contributed by atoms with Crippen molar-refractivity contribution < 1.29 is 9.59 Å². The first-order valence-electron chi connectivity index (χ1n) is 8.28. The predicted molar refractivity (Wildman–Crippen MR) is 89.1 cm³/mol. The number of carbonyl (C=O) groups excluding carboxylic acids is 2. The summed E-state index contributed by atoms with van der Waals surface area (Å²) in [5, 5.41) is 10.3. The largest absolute Gasteiger partial charge is 0.368 e. The van der Waals surface area contributed by atoms with E-state index in [2.05, 4.69) is 15.7 Å². The molecule has 0 atom stereocenters. The summed E-state index contributed by atoms with van der Waals surface area (Å²) < 4.78 is 2.17. The van der Waals surface area contributed by atoms with Crippen molar-refractivity contribution in [2.24, 2.45) is 0 Å². The van der Waals surface area contributed by atoms with Crippen molar-refractivity contribution in [3.8, 4) is 5.69 Å². The molecular weight excluding hydrogens is 324 g/mol. The summed E-state index contributed by atoms with van der Waals surface area (Å²) in [6, 6.07) is 8.89. The maximum atomic E-state index is 12.2. The van der Waals surface area contributed by atoms with Crippen LogP contribution in [0.5, 0.6) is 0 Å². The van der Waals surface area contributed by atoms with Crippen LogP contribution in [0.4, 0.5) is 0 Å². The van der Waals surface area contributed by atoms with Gasteiger partial charge in [0.15, 0.2) is 0 Å². The normalized spacial score (nSPS) is 14.1. The third kappa shape index (κ3) is 4.11. The smallest absolute Gasteiger partial charge is 0.354 e. The molecule has 2 amide bonds. The molecule has 0 bridgehead atoms. The minimum Gasteiger partial charge on any atom is -0.354 e. The number of hydrogen-bond acceptors (Lipinski definition) is 5. The van der Waals surface area contributed by atoms with Crippen LogP contribution in [0.25, 0.3) is 5.69 Å². The van der Waals surface area contributed by atoms with Crippen LogP contribution in [-0.4, -0.2) is 56.1 Å². The van der Waals surface area contributed by atoms with E-state index in [0.717, 1.165) is 22.3 Å². The summed E-state index contributed by atoms with van der Waals surface area (Å²) in [4.78, 5) is 37.5. The molecule has 3 rings (SSSR count). The fourth-order valence-electron chi connectivity index (χ4n) is 2.73. The molecule has 9 nitrogen and oxygen atoms in total. The summed E-state index contributed by atoms with van der Waals surface area (Å²) in [6.07, 6.45) is 2.21. The highest BCUT2D eigenvalue weighted by Gasteiger charge is 2.19. The van der Waals surface area contributed by atoms with Crippen LogP contribution in [0.1, 0.15) is 19.3 Å². The number of likely N-dealkylation sites (tertiary alicyclic amines) is 1. The van der Waals surface area contributed by atoms with E-state index < -0.39 is 5.69 Å². The lowest BCUT2D eigenvalue weighted by molar-refractivity contribution is -0.127. The first-order valence-corrected chi connectivity index (χ1v) is 8.28. The molecule has 1 N–H and O–H groups in total. The zero-order valence-corrected chi connectivity index (χ0v) is 13.8. The van der Waals surface area contributed by atoms with Gasteiger partial charge in [-0.3, -0.25) is 9.59 Å². The average molecular weight is 344 g/mol. The van der Waals surface area contributed by atoms with Gasteiger partial charge in [0, 0.05) is 26.1 Å². The molecular formula is C16H20N6O3. The number of para-hydroxylation sites is 1. The molecule has 0 spiro atoms. The summed E-state index contributed by atoms with van der Waals surface area (Å²) >= 11 is 0. The van der Waals surface area contributed by atoms with E-state index in [1.165, 1.54) is 0 Å². The van der Waals surface area contributed by atoms with Gasteiger partial charge < -0.3 is 10.2 Å². The Hall–Kier alpha value is -2.97. The second-order valence-corrected chi connectivity index (χ2v) is 5.85. The van der Waals surface area contributed by atoms with Gasteiger partial charge in [0.05, 0.1) is 5.69 Å². The van der Waals surface area contributed by atoms with Crippen LogP contribution in [0.15, 0.2) is 35.1 Å². The highest BCUT2D eigenvalue weighted by atomic mass is 16.2. The molecule has 2 heterocycles. The molecule has 0 unspecified atom stereocenters. The van der Waals surface area contributed by atoms with E-state index in [-0.39, 0.29) is 18.4 Å². The number of tetrazole rings is 1. The van der Waals surface area contributed by atoms with Crippen LogP contribution in [0, 0.1) is 0 Å². The Labute approximate surface area is 144 Å². The molecule has 1 aromatic heterocycles. The maximum Gasteiger partial charge on any atom is 0.368 e. The number of nitrogens with one attached hydrogen (secondary N) is 1. The van der Waals surface area contributed by atoms with Gasteiger partial charge in [-0.15, -0.1) is 0 Å². The number of carbonyl (C=O) groups is 2. The lowest BCUT2D eigenvalue weighted by Crippen LogP contribution is -2.35. The lowest BCUT2D eigenvalue weighted by atomic mass is 10.3. The first-order chi connectivity index (χ1) is 12.1. The molecule has 1 fully saturated rings. The average Bonchev–Trinajstić information content (AvgIpc) is 3.19. The SMILES string of the molecule is O=C(Cn1nnn(-c2ccccc2)c1=O)NCCCN1CCCC1=O.